The van der Waals surface area contributed by atoms with Gasteiger partial charge in [-0.2, -0.15) is 0 Å². The molecule has 0 unspecified atom stereocenters. The average molecular weight is 335 g/mol. The summed E-state index contributed by atoms with van der Waals surface area (Å²) in [5.41, 5.74) is 0.477. The van der Waals surface area contributed by atoms with Crippen molar-refractivity contribution in [2.45, 2.75) is 0 Å². The molecule has 1 aromatic rings. The highest BCUT2D eigenvalue weighted by atomic mass is 35.5. The Labute approximate surface area is 135 Å². The average Bonchev–Trinajstić information content (AvgIpc) is 2.77. The molecule has 0 atom stereocenters. The second-order valence-electron chi connectivity index (χ2n) is 4.95. The summed E-state index contributed by atoms with van der Waals surface area (Å²) in [4.78, 5) is 27.6. The number of hydrogen-bond acceptors (Lipinski definition) is 3. The second kappa shape index (κ2) is 7.68. The van der Waals surface area contributed by atoms with Crippen molar-refractivity contribution in [1.29, 1.82) is 0 Å². The van der Waals surface area contributed by atoms with Gasteiger partial charge in [-0.3, -0.25) is 9.59 Å². The summed E-state index contributed by atoms with van der Waals surface area (Å²) in [6.45, 7) is 3.07. The minimum Gasteiger partial charge on any atom is -0.345 e. The Morgan fingerprint density at radius 1 is 1.38 bits per heavy atom. The quantitative estimate of drug-likeness (QED) is 0.880. The fourth-order valence-electron chi connectivity index (χ4n) is 2.22. The molecule has 21 heavy (non-hydrogen) atoms. The molecule has 0 aliphatic carbocycles. The van der Waals surface area contributed by atoms with Gasteiger partial charge in [-0.15, -0.1) is 12.4 Å². The maximum atomic E-state index is 12.3. The van der Waals surface area contributed by atoms with Crippen LogP contribution < -0.4 is 5.32 Å². The van der Waals surface area contributed by atoms with Crippen molar-refractivity contribution < 1.29 is 9.59 Å². The van der Waals surface area contributed by atoms with Crippen LogP contribution in [0.1, 0.15) is 10.5 Å². The highest BCUT2D eigenvalue weighted by Crippen LogP contribution is 2.14. The lowest BCUT2D eigenvalue weighted by Crippen LogP contribution is -2.49. The number of halogens is 2. The van der Waals surface area contributed by atoms with E-state index < -0.39 is 0 Å². The molecule has 1 aliphatic rings. The Hall–Kier alpha value is -1.24. The Balaban J connectivity index is 0.00000220. The van der Waals surface area contributed by atoms with Crippen molar-refractivity contribution in [1.82, 2.24) is 19.7 Å². The van der Waals surface area contributed by atoms with E-state index in [-0.39, 0.29) is 30.8 Å². The third kappa shape index (κ3) is 4.36. The van der Waals surface area contributed by atoms with Crippen LogP contribution in [0.2, 0.25) is 5.02 Å². The number of aromatic nitrogens is 1. The topological polar surface area (TPSA) is 57.6 Å². The predicted octanol–water partition coefficient (Wildman–Crippen LogP) is 0.604. The molecule has 0 radical (unpaired) electrons. The van der Waals surface area contributed by atoms with E-state index in [1.165, 1.54) is 4.90 Å². The first-order valence-electron chi connectivity index (χ1n) is 6.55. The van der Waals surface area contributed by atoms with Crippen molar-refractivity contribution in [3.63, 3.8) is 0 Å². The Morgan fingerprint density at radius 3 is 2.52 bits per heavy atom. The molecule has 0 spiro atoms. The number of carbonyl (C=O) groups is 2. The van der Waals surface area contributed by atoms with E-state index in [0.717, 1.165) is 13.1 Å². The fraction of sp³-hybridized carbons (Fsp3) is 0.538. The van der Waals surface area contributed by atoms with Crippen molar-refractivity contribution in [2.75, 3.05) is 39.8 Å². The molecule has 8 heteroatoms. The minimum absolute atomic E-state index is 0. The zero-order valence-corrected chi connectivity index (χ0v) is 13.7. The Kier molecular flexibility index (Phi) is 6.51. The zero-order chi connectivity index (χ0) is 14.7. The molecule has 118 valence electrons. The Morgan fingerprint density at radius 2 is 2.00 bits per heavy atom. The van der Waals surface area contributed by atoms with Crippen molar-refractivity contribution in [3.8, 4) is 0 Å². The van der Waals surface area contributed by atoms with E-state index in [1.807, 2.05) is 0 Å². The highest BCUT2D eigenvalue weighted by molar-refractivity contribution is 6.31. The third-order valence-corrected chi connectivity index (χ3v) is 3.59. The number of nitrogens with one attached hydrogen (secondary N) is 1. The summed E-state index contributed by atoms with van der Waals surface area (Å²) < 4.78 is 1.66. The summed E-state index contributed by atoms with van der Waals surface area (Å²) in [6.07, 6.45) is 1.67. The summed E-state index contributed by atoms with van der Waals surface area (Å²) in [5.74, 6) is -0.231. The van der Waals surface area contributed by atoms with Crippen LogP contribution in [0.5, 0.6) is 0 Å². The molecule has 1 fully saturated rings. The number of nitrogens with zero attached hydrogens (tertiary/aromatic N) is 3. The predicted molar refractivity (Wildman–Crippen MR) is 84.1 cm³/mol. The molecule has 0 bridgehead atoms. The SMILES string of the molecule is CN(CC(=O)N1CCNCC1)C(=O)c1cc(Cl)cn1C.Cl. The molecule has 6 nitrogen and oxygen atoms in total. The van der Waals surface area contributed by atoms with Crippen LogP contribution in [-0.4, -0.2) is 66.0 Å². The van der Waals surface area contributed by atoms with Gasteiger partial charge in [-0.1, -0.05) is 11.6 Å². The summed E-state index contributed by atoms with van der Waals surface area (Å²) in [7, 11) is 3.38. The highest BCUT2D eigenvalue weighted by Gasteiger charge is 2.22. The number of amides is 2. The molecule has 2 heterocycles. The van der Waals surface area contributed by atoms with Gasteiger partial charge in [-0.25, -0.2) is 0 Å². The summed E-state index contributed by atoms with van der Waals surface area (Å²) in [5, 5.41) is 3.70. The largest absolute Gasteiger partial charge is 0.345 e. The number of hydrogen-bond donors (Lipinski definition) is 1. The van der Waals surface area contributed by atoms with Crippen molar-refractivity contribution in [2.24, 2.45) is 7.05 Å². The maximum absolute atomic E-state index is 12.3. The van der Waals surface area contributed by atoms with Gasteiger partial charge in [0.2, 0.25) is 5.91 Å². The van der Waals surface area contributed by atoms with E-state index >= 15 is 0 Å². The van der Waals surface area contributed by atoms with Gasteiger partial charge >= 0.3 is 0 Å². The number of carbonyl (C=O) groups excluding carboxylic acids is 2. The van der Waals surface area contributed by atoms with E-state index in [9.17, 15) is 9.59 Å². The maximum Gasteiger partial charge on any atom is 0.270 e. The Bertz CT molecular complexity index is 512. The molecule has 1 saturated heterocycles. The van der Waals surface area contributed by atoms with Gasteiger partial charge in [0.15, 0.2) is 0 Å². The molecule has 1 aliphatic heterocycles. The van der Waals surface area contributed by atoms with Crippen LogP contribution in [0.15, 0.2) is 12.3 Å². The first kappa shape index (κ1) is 17.8. The number of rotatable bonds is 3. The van der Waals surface area contributed by atoms with Crippen molar-refractivity contribution in [3.05, 3.63) is 23.0 Å². The van der Waals surface area contributed by atoms with Crippen LogP contribution in [0.3, 0.4) is 0 Å². The fourth-order valence-corrected chi connectivity index (χ4v) is 2.47. The van der Waals surface area contributed by atoms with Gasteiger partial charge < -0.3 is 19.7 Å². The van der Waals surface area contributed by atoms with Crippen LogP contribution >= 0.6 is 24.0 Å². The lowest BCUT2D eigenvalue weighted by atomic mass is 10.3. The molecular weight excluding hydrogens is 315 g/mol. The first-order valence-corrected chi connectivity index (χ1v) is 6.92. The zero-order valence-electron chi connectivity index (χ0n) is 12.1. The normalized spacial score (nSPS) is 14.5. The summed E-state index contributed by atoms with van der Waals surface area (Å²) >= 11 is 5.87. The molecule has 2 rings (SSSR count). The van der Waals surface area contributed by atoms with E-state index in [2.05, 4.69) is 5.32 Å². The van der Waals surface area contributed by atoms with Crippen LogP contribution in [0.4, 0.5) is 0 Å². The molecule has 2 amide bonds. The van der Waals surface area contributed by atoms with E-state index in [0.29, 0.717) is 23.8 Å². The standard InChI is InChI=1S/C13H19ClN4O2.ClH/c1-16-8-10(14)7-11(16)13(20)17(2)9-12(19)18-5-3-15-4-6-18;/h7-8,15H,3-6,9H2,1-2H3;1H. The lowest BCUT2D eigenvalue weighted by Gasteiger charge is -2.29. The van der Waals surface area contributed by atoms with Crippen molar-refractivity contribution >= 4 is 35.8 Å². The minimum atomic E-state index is -0.206. The molecule has 0 aromatic carbocycles. The van der Waals surface area contributed by atoms with Crippen LogP contribution in [-0.2, 0) is 11.8 Å². The third-order valence-electron chi connectivity index (χ3n) is 3.38. The number of likely N-dealkylation sites (N-methyl/N-ethyl adjacent to an activating group) is 1. The van der Waals surface area contributed by atoms with E-state index in [1.54, 1.807) is 35.8 Å². The first-order chi connectivity index (χ1) is 9.49. The molecule has 0 saturated carbocycles. The smallest absolute Gasteiger partial charge is 0.270 e. The molecule has 1 N–H and O–H groups in total. The molecular formula is C13H20Cl2N4O2. The van der Waals surface area contributed by atoms with Gasteiger partial charge in [0, 0.05) is 46.5 Å². The van der Waals surface area contributed by atoms with Gasteiger partial charge in [0.05, 0.1) is 11.6 Å². The van der Waals surface area contributed by atoms with Gasteiger partial charge in [0.25, 0.3) is 5.91 Å². The van der Waals surface area contributed by atoms with E-state index in [4.69, 9.17) is 11.6 Å². The van der Waals surface area contributed by atoms with Gasteiger partial charge in [0.1, 0.15) is 5.69 Å². The second-order valence-corrected chi connectivity index (χ2v) is 5.38. The van der Waals surface area contributed by atoms with Crippen LogP contribution in [0.25, 0.3) is 0 Å². The molecule has 1 aromatic heterocycles. The number of aryl methyl sites for hydroxylation is 1. The van der Waals surface area contributed by atoms with Gasteiger partial charge in [-0.05, 0) is 6.07 Å². The summed E-state index contributed by atoms with van der Waals surface area (Å²) in [6, 6.07) is 1.61. The van der Waals surface area contributed by atoms with Crippen LogP contribution in [0, 0.1) is 0 Å². The lowest BCUT2D eigenvalue weighted by molar-refractivity contribution is -0.132. The number of piperazine rings is 1. The monoisotopic (exact) mass is 334 g/mol.